The van der Waals surface area contributed by atoms with E-state index in [1.807, 2.05) is 30.3 Å². The van der Waals surface area contributed by atoms with Crippen LogP contribution in [0.15, 0.2) is 36.4 Å². The number of ether oxygens (including phenoxy) is 1. The molecular weight excluding hydrogens is 316 g/mol. The fraction of sp³-hybridized carbons (Fsp3) is 0.312. The highest BCUT2D eigenvalue weighted by Gasteiger charge is 2.67. The number of carbonyl (C=O) groups is 2. The lowest BCUT2D eigenvalue weighted by Gasteiger charge is -2.21. The molecule has 0 aliphatic carbocycles. The SMILES string of the molecule is O=C(O)[C@H]1[C@H]2C=C[C@]3(CN(c4nc5ccccc5s4)C(=O)[C@@H]13)O2. The second kappa shape index (κ2) is 4.18. The fourth-order valence-electron chi connectivity index (χ4n) is 3.92. The van der Waals surface area contributed by atoms with Crippen molar-refractivity contribution in [2.24, 2.45) is 11.8 Å². The number of benzene rings is 1. The van der Waals surface area contributed by atoms with Gasteiger partial charge in [-0.3, -0.25) is 14.5 Å². The first-order valence-corrected chi connectivity index (χ1v) is 8.18. The van der Waals surface area contributed by atoms with Gasteiger partial charge >= 0.3 is 5.97 Å². The van der Waals surface area contributed by atoms with Crippen LogP contribution in [0.5, 0.6) is 0 Å². The number of aromatic nitrogens is 1. The molecule has 4 atom stereocenters. The van der Waals surface area contributed by atoms with Gasteiger partial charge in [0.25, 0.3) is 0 Å². The van der Waals surface area contributed by atoms with E-state index in [2.05, 4.69) is 4.98 Å². The molecule has 6 nitrogen and oxygen atoms in total. The van der Waals surface area contributed by atoms with E-state index in [-0.39, 0.29) is 5.91 Å². The number of aliphatic carboxylic acids is 1. The van der Waals surface area contributed by atoms with Crippen LogP contribution < -0.4 is 4.90 Å². The minimum absolute atomic E-state index is 0.205. The molecule has 3 aliphatic rings. The summed E-state index contributed by atoms with van der Waals surface area (Å²) in [6.07, 6.45) is 3.12. The van der Waals surface area contributed by atoms with Crippen molar-refractivity contribution in [1.29, 1.82) is 0 Å². The number of hydrogen-bond donors (Lipinski definition) is 1. The number of carboxylic acid groups (broad SMARTS) is 1. The Balaban J connectivity index is 1.58. The van der Waals surface area contributed by atoms with E-state index in [4.69, 9.17) is 4.74 Å². The van der Waals surface area contributed by atoms with E-state index < -0.39 is 29.5 Å². The van der Waals surface area contributed by atoms with Crippen molar-refractivity contribution in [3.63, 3.8) is 0 Å². The van der Waals surface area contributed by atoms with Crippen LogP contribution in [-0.4, -0.2) is 40.2 Å². The van der Waals surface area contributed by atoms with Gasteiger partial charge in [-0.15, -0.1) is 0 Å². The maximum absolute atomic E-state index is 12.9. The number of para-hydroxylation sites is 1. The summed E-state index contributed by atoms with van der Waals surface area (Å²) in [7, 11) is 0. The summed E-state index contributed by atoms with van der Waals surface area (Å²) in [6, 6.07) is 7.69. The second-order valence-electron chi connectivity index (χ2n) is 6.13. The number of thiazole rings is 1. The third-order valence-corrected chi connectivity index (χ3v) is 5.96. The Hall–Kier alpha value is -2.25. The molecule has 7 heteroatoms. The molecule has 1 amide bonds. The van der Waals surface area contributed by atoms with Gasteiger partial charge in [0.05, 0.1) is 28.8 Å². The largest absolute Gasteiger partial charge is 0.481 e. The molecule has 2 bridgehead atoms. The molecular formula is C16H12N2O4S. The monoisotopic (exact) mass is 328 g/mol. The van der Waals surface area contributed by atoms with Crippen molar-refractivity contribution in [3.8, 4) is 0 Å². The molecule has 0 radical (unpaired) electrons. The Labute approximate surface area is 135 Å². The third-order valence-electron chi connectivity index (χ3n) is 4.90. The molecule has 2 saturated heterocycles. The number of fused-ring (bicyclic) bond motifs is 2. The van der Waals surface area contributed by atoms with Gasteiger partial charge in [0.1, 0.15) is 11.5 Å². The van der Waals surface area contributed by atoms with Crippen molar-refractivity contribution >= 4 is 38.6 Å². The van der Waals surface area contributed by atoms with Gasteiger partial charge in [-0.25, -0.2) is 4.98 Å². The lowest BCUT2D eigenvalue weighted by atomic mass is 9.77. The number of amides is 1. The highest BCUT2D eigenvalue weighted by atomic mass is 32.1. The molecule has 2 fully saturated rings. The first kappa shape index (κ1) is 13.2. The number of carboxylic acids is 1. The van der Waals surface area contributed by atoms with Gasteiger partial charge in [0.2, 0.25) is 5.91 Å². The highest BCUT2D eigenvalue weighted by Crippen LogP contribution is 2.53. The Morgan fingerprint density at radius 1 is 1.43 bits per heavy atom. The average Bonchev–Trinajstić information content (AvgIpc) is 3.25. The number of nitrogens with zero attached hydrogens (tertiary/aromatic N) is 2. The van der Waals surface area contributed by atoms with Crippen LogP contribution in [0.1, 0.15) is 0 Å². The standard InChI is InChI=1S/C16H12N2O4S/c19-13-12-11(14(20)21)9-5-6-16(12,22-9)7-18(13)15-17-8-3-1-2-4-10(8)23-15/h1-6,9,11-12H,7H2,(H,20,21)/t9-,11+,12-,16-/m1/s1. The van der Waals surface area contributed by atoms with Gasteiger partial charge in [-0.2, -0.15) is 0 Å². The van der Waals surface area contributed by atoms with Crippen molar-refractivity contribution < 1.29 is 19.4 Å². The Kier molecular flexibility index (Phi) is 2.40. The maximum atomic E-state index is 12.9. The summed E-state index contributed by atoms with van der Waals surface area (Å²) in [6.45, 7) is 0.326. The Morgan fingerprint density at radius 3 is 3.04 bits per heavy atom. The van der Waals surface area contributed by atoms with Crippen LogP contribution in [0.2, 0.25) is 0 Å². The van der Waals surface area contributed by atoms with Crippen molar-refractivity contribution in [3.05, 3.63) is 36.4 Å². The van der Waals surface area contributed by atoms with Crippen molar-refractivity contribution in [1.82, 2.24) is 4.98 Å². The quantitative estimate of drug-likeness (QED) is 0.848. The zero-order valence-corrected chi connectivity index (χ0v) is 12.7. The Morgan fingerprint density at radius 2 is 2.26 bits per heavy atom. The molecule has 0 saturated carbocycles. The normalized spacial score (nSPS) is 34.5. The van der Waals surface area contributed by atoms with E-state index in [0.717, 1.165) is 10.2 Å². The summed E-state index contributed by atoms with van der Waals surface area (Å²) in [5.74, 6) is -2.66. The van der Waals surface area contributed by atoms with Crippen LogP contribution in [0.4, 0.5) is 5.13 Å². The lowest BCUT2D eigenvalue weighted by molar-refractivity contribution is -0.146. The number of hydrogen-bond acceptors (Lipinski definition) is 5. The smallest absolute Gasteiger partial charge is 0.310 e. The molecule has 2 aromatic rings. The fourth-order valence-corrected chi connectivity index (χ4v) is 4.89. The molecule has 5 rings (SSSR count). The molecule has 1 aromatic heterocycles. The average molecular weight is 328 g/mol. The molecule has 1 N–H and O–H groups in total. The molecule has 23 heavy (non-hydrogen) atoms. The Bertz CT molecular complexity index is 858. The number of rotatable bonds is 2. The van der Waals surface area contributed by atoms with Gasteiger partial charge in [-0.05, 0) is 12.1 Å². The lowest BCUT2D eigenvalue weighted by Crippen LogP contribution is -2.39. The molecule has 1 aromatic carbocycles. The summed E-state index contributed by atoms with van der Waals surface area (Å²) >= 11 is 1.44. The van der Waals surface area contributed by atoms with E-state index in [9.17, 15) is 14.7 Å². The van der Waals surface area contributed by atoms with E-state index in [1.54, 1.807) is 11.0 Å². The summed E-state index contributed by atoms with van der Waals surface area (Å²) in [5, 5.41) is 10.1. The highest BCUT2D eigenvalue weighted by molar-refractivity contribution is 7.22. The summed E-state index contributed by atoms with van der Waals surface area (Å²) < 4.78 is 6.88. The van der Waals surface area contributed by atoms with Crippen LogP contribution in [0.25, 0.3) is 10.2 Å². The van der Waals surface area contributed by atoms with Crippen molar-refractivity contribution in [2.75, 3.05) is 11.4 Å². The summed E-state index contributed by atoms with van der Waals surface area (Å²) in [5.41, 5.74) is 0.0215. The minimum atomic E-state index is -0.981. The van der Waals surface area contributed by atoms with Crippen LogP contribution >= 0.6 is 11.3 Å². The topological polar surface area (TPSA) is 79.7 Å². The van der Waals surface area contributed by atoms with E-state index in [0.29, 0.717) is 11.7 Å². The van der Waals surface area contributed by atoms with E-state index >= 15 is 0 Å². The van der Waals surface area contributed by atoms with Crippen LogP contribution in [-0.2, 0) is 14.3 Å². The van der Waals surface area contributed by atoms with Gasteiger partial charge in [0.15, 0.2) is 5.13 Å². The predicted octanol–water partition coefficient (Wildman–Crippen LogP) is 1.67. The zero-order chi connectivity index (χ0) is 15.8. The van der Waals surface area contributed by atoms with Gasteiger partial charge in [0, 0.05) is 0 Å². The molecule has 3 aliphatic heterocycles. The van der Waals surface area contributed by atoms with Crippen LogP contribution in [0.3, 0.4) is 0 Å². The first-order chi connectivity index (χ1) is 11.1. The second-order valence-corrected chi connectivity index (χ2v) is 7.14. The minimum Gasteiger partial charge on any atom is -0.481 e. The third kappa shape index (κ3) is 1.58. The van der Waals surface area contributed by atoms with E-state index in [1.165, 1.54) is 11.3 Å². The van der Waals surface area contributed by atoms with Crippen molar-refractivity contribution in [2.45, 2.75) is 11.7 Å². The molecule has 116 valence electrons. The maximum Gasteiger partial charge on any atom is 0.310 e. The predicted molar refractivity (Wildman–Crippen MR) is 83.3 cm³/mol. The number of carbonyl (C=O) groups excluding carboxylic acids is 1. The molecule has 0 unspecified atom stereocenters. The molecule has 4 heterocycles. The van der Waals surface area contributed by atoms with Gasteiger partial charge < -0.3 is 9.84 Å². The van der Waals surface area contributed by atoms with Gasteiger partial charge in [-0.1, -0.05) is 35.6 Å². The zero-order valence-electron chi connectivity index (χ0n) is 11.9. The summed E-state index contributed by atoms with van der Waals surface area (Å²) in [4.78, 5) is 30.5. The first-order valence-electron chi connectivity index (χ1n) is 7.36. The van der Waals surface area contributed by atoms with Crippen LogP contribution in [0, 0.1) is 11.8 Å². The molecule has 1 spiro atoms. The number of anilines is 1.